The number of benzene rings is 1. The molecule has 1 unspecified atom stereocenters. The van der Waals surface area contributed by atoms with Gasteiger partial charge in [-0.2, -0.15) is 0 Å². The molecule has 3 rings (SSSR count). The first kappa shape index (κ1) is 14.6. The van der Waals surface area contributed by atoms with E-state index in [2.05, 4.69) is 0 Å². The first-order valence-corrected chi connectivity index (χ1v) is 8.00. The fourth-order valence-corrected chi connectivity index (χ4v) is 3.65. The predicted molar refractivity (Wildman–Crippen MR) is 82.0 cm³/mol. The summed E-state index contributed by atoms with van der Waals surface area (Å²) in [6.45, 7) is 4.37. The van der Waals surface area contributed by atoms with E-state index in [9.17, 15) is 4.79 Å². The highest BCUT2D eigenvalue weighted by atomic mass is 16.5. The van der Waals surface area contributed by atoms with E-state index in [1.165, 1.54) is 12.8 Å². The summed E-state index contributed by atoms with van der Waals surface area (Å²) in [6.07, 6.45) is 6.86. The smallest absolute Gasteiger partial charge is 0.163 e. The zero-order chi connectivity index (χ0) is 14.9. The summed E-state index contributed by atoms with van der Waals surface area (Å²) < 4.78 is 12.2. The van der Waals surface area contributed by atoms with Gasteiger partial charge in [-0.15, -0.1) is 0 Å². The molecule has 3 heteroatoms. The Bertz CT molecular complexity index is 529. The van der Waals surface area contributed by atoms with E-state index < -0.39 is 0 Å². The quantitative estimate of drug-likeness (QED) is 0.787. The van der Waals surface area contributed by atoms with Crippen LogP contribution in [-0.4, -0.2) is 24.1 Å². The van der Waals surface area contributed by atoms with Gasteiger partial charge in [-0.3, -0.25) is 4.79 Å². The molecule has 2 fully saturated rings. The van der Waals surface area contributed by atoms with Gasteiger partial charge in [0.05, 0.1) is 17.8 Å². The van der Waals surface area contributed by atoms with Gasteiger partial charge in [0.15, 0.2) is 5.78 Å². The number of ketones is 1. The lowest BCUT2D eigenvalue weighted by Crippen LogP contribution is -2.41. The first-order chi connectivity index (χ1) is 10.1. The highest BCUT2D eigenvalue weighted by Gasteiger charge is 2.40. The monoisotopic (exact) mass is 288 g/mol. The van der Waals surface area contributed by atoms with Crippen molar-refractivity contribution in [1.82, 2.24) is 0 Å². The van der Waals surface area contributed by atoms with Crippen molar-refractivity contribution in [3.05, 3.63) is 29.3 Å². The van der Waals surface area contributed by atoms with Crippen molar-refractivity contribution in [2.24, 2.45) is 0 Å². The van der Waals surface area contributed by atoms with Gasteiger partial charge in [0, 0.05) is 12.8 Å². The Morgan fingerprint density at radius 3 is 2.81 bits per heavy atom. The van der Waals surface area contributed by atoms with Crippen LogP contribution in [-0.2, 0) is 4.74 Å². The summed E-state index contributed by atoms with van der Waals surface area (Å²) in [5.74, 6) is 0.796. The molecule has 1 saturated heterocycles. The summed E-state index contributed by atoms with van der Waals surface area (Å²) >= 11 is 0. The fraction of sp³-hybridized carbons (Fsp3) is 0.611. The van der Waals surface area contributed by atoms with E-state index in [4.69, 9.17) is 9.47 Å². The number of hydrogen-bond acceptors (Lipinski definition) is 3. The maximum absolute atomic E-state index is 11.8. The molecule has 0 radical (unpaired) electrons. The molecular weight excluding hydrogens is 264 g/mol. The Morgan fingerprint density at radius 2 is 2.10 bits per heavy atom. The molecular formula is C18H24O3. The molecule has 1 aliphatic heterocycles. The van der Waals surface area contributed by atoms with Crippen LogP contribution in [0.2, 0.25) is 0 Å². The normalized spacial score (nSPS) is 24.2. The molecule has 1 atom stereocenters. The number of carbonyl (C=O) groups excluding carboxylic acids is 1. The zero-order valence-electron chi connectivity index (χ0n) is 13.0. The van der Waals surface area contributed by atoms with E-state index in [0.29, 0.717) is 5.56 Å². The van der Waals surface area contributed by atoms with Gasteiger partial charge in [0.25, 0.3) is 0 Å². The average Bonchev–Trinajstić information content (AvgIpc) is 2.88. The predicted octanol–water partition coefficient (Wildman–Crippen LogP) is 4.07. The maximum atomic E-state index is 11.8. The second-order valence-electron chi connectivity index (χ2n) is 6.53. The van der Waals surface area contributed by atoms with Crippen LogP contribution >= 0.6 is 0 Å². The van der Waals surface area contributed by atoms with Gasteiger partial charge in [0.2, 0.25) is 0 Å². The minimum absolute atomic E-state index is 0.0456. The van der Waals surface area contributed by atoms with E-state index >= 15 is 0 Å². The molecule has 21 heavy (non-hydrogen) atoms. The molecule has 1 aliphatic carbocycles. The third kappa shape index (κ3) is 3.13. The molecule has 1 heterocycles. The lowest BCUT2D eigenvalue weighted by molar-refractivity contribution is -0.108. The molecule has 0 aromatic heterocycles. The molecule has 0 bridgehead atoms. The van der Waals surface area contributed by atoms with E-state index in [1.807, 2.05) is 25.1 Å². The van der Waals surface area contributed by atoms with Crippen LogP contribution in [0.3, 0.4) is 0 Å². The second-order valence-corrected chi connectivity index (χ2v) is 6.53. The first-order valence-electron chi connectivity index (χ1n) is 8.00. The minimum atomic E-state index is 0.0456. The average molecular weight is 288 g/mol. The molecule has 1 aromatic carbocycles. The van der Waals surface area contributed by atoms with Gasteiger partial charge < -0.3 is 9.47 Å². The Hall–Kier alpha value is -1.35. The van der Waals surface area contributed by atoms with Crippen LogP contribution in [0.1, 0.15) is 61.4 Å². The van der Waals surface area contributed by atoms with Crippen LogP contribution in [0, 0.1) is 6.92 Å². The summed E-state index contributed by atoms with van der Waals surface area (Å²) in [5, 5.41) is 0. The summed E-state index contributed by atoms with van der Waals surface area (Å²) in [5.41, 5.74) is 1.83. The molecule has 114 valence electrons. The lowest BCUT2D eigenvalue weighted by Gasteiger charge is -2.38. The van der Waals surface area contributed by atoms with Gasteiger partial charge >= 0.3 is 0 Å². The molecule has 3 nitrogen and oxygen atoms in total. The summed E-state index contributed by atoms with van der Waals surface area (Å²) in [7, 11) is 0. The number of hydrogen-bond donors (Lipinski definition) is 0. The van der Waals surface area contributed by atoms with E-state index in [1.54, 1.807) is 6.92 Å². The van der Waals surface area contributed by atoms with Crippen LogP contribution in [0.4, 0.5) is 0 Å². The van der Waals surface area contributed by atoms with Gasteiger partial charge in [-0.1, -0.05) is 24.5 Å². The SMILES string of the molecule is CC(=O)c1cc(C)ccc1OC1CCOC2(CCCC2)C1. The van der Waals surface area contributed by atoms with Crippen molar-refractivity contribution in [1.29, 1.82) is 0 Å². The topological polar surface area (TPSA) is 35.5 Å². The third-order valence-electron chi connectivity index (χ3n) is 4.77. The standard InChI is InChI=1S/C18H24O3/c1-13-5-6-17(16(11-13)14(2)19)21-15-7-10-20-18(12-15)8-3-4-9-18/h5-6,11,15H,3-4,7-10,12H2,1-2H3. The Labute approximate surface area is 126 Å². The summed E-state index contributed by atoms with van der Waals surface area (Å²) in [4.78, 5) is 11.8. The number of aryl methyl sites for hydroxylation is 1. The van der Waals surface area contributed by atoms with Crippen molar-refractivity contribution in [2.75, 3.05) is 6.61 Å². The number of Topliss-reactive ketones (excluding diaryl/α,β-unsaturated/α-hetero) is 1. The number of rotatable bonds is 3. The van der Waals surface area contributed by atoms with E-state index in [-0.39, 0.29) is 17.5 Å². The maximum Gasteiger partial charge on any atom is 0.163 e. The van der Waals surface area contributed by atoms with E-state index in [0.717, 1.165) is 43.6 Å². The van der Waals surface area contributed by atoms with Crippen molar-refractivity contribution in [3.8, 4) is 5.75 Å². The van der Waals surface area contributed by atoms with Crippen LogP contribution in [0.25, 0.3) is 0 Å². The third-order valence-corrected chi connectivity index (χ3v) is 4.77. The molecule has 0 amide bonds. The molecule has 1 saturated carbocycles. The second kappa shape index (κ2) is 5.80. The lowest BCUT2D eigenvalue weighted by atomic mass is 9.90. The van der Waals surface area contributed by atoms with Gasteiger partial charge in [0.1, 0.15) is 11.9 Å². The number of carbonyl (C=O) groups is 1. The largest absolute Gasteiger partial charge is 0.489 e. The molecule has 1 spiro atoms. The Kier molecular flexibility index (Phi) is 4.03. The Balaban J connectivity index is 1.75. The molecule has 2 aliphatic rings. The zero-order valence-corrected chi connectivity index (χ0v) is 13.0. The van der Waals surface area contributed by atoms with Crippen molar-refractivity contribution in [2.45, 2.75) is 64.1 Å². The fourth-order valence-electron chi connectivity index (χ4n) is 3.65. The van der Waals surface area contributed by atoms with Gasteiger partial charge in [-0.05, 0) is 38.8 Å². The molecule has 0 N–H and O–H groups in total. The highest BCUT2D eigenvalue weighted by molar-refractivity contribution is 5.97. The summed E-state index contributed by atoms with van der Waals surface area (Å²) in [6, 6.07) is 5.86. The number of ether oxygens (including phenoxy) is 2. The van der Waals surface area contributed by atoms with Gasteiger partial charge in [-0.25, -0.2) is 0 Å². The van der Waals surface area contributed by atoms with Crippen molar-refractivity contribution >= 4 is 5.78 Å². The molecule has 1 aromatic rings. The van der Waals surface area contributed by atoms with Crippen molar-refractivity contribution < 1.29 is 14.3 Å². The van der Waals surface area contributed by atoms with Crippen LogP contribution in [0.15, 0.2) is 18.2 Å². The highest BCUT2D eigenvalue weighted by Crippen LogP contribution is 2.41. The van der Waals surface area contributed by atoms with Crippen LogP contribution in [0.5, 0.6) is 5.75 Å². The minimum Gasteiger partial charge on any atom is -0.489 e. The Morgan fingerprint density at radius 1 is 1.33 bits per heavy atom. The van der Waals surface area contributed by atoms with Crippen molar-refractivity contribution in [3.63, 3.8) is 0 Å². The van der Waals surface area contributed by atoms with Crippen LogP contribution < -0.4 is 4.74 Å².